The molecule has 7 nitrogen and oxygen atoms in total. The minimum absolute atomic E-state index is 0.0601. The van der Waals surface area contributed by atoms with Gasteiger partial charge >= 0.3 is 0 Å². The molecule has 0 radical (unpaired) electrons. The Kier molecular flexibility index (Phi) is 5.25. The number of fused-ring (bicyclic) bond motifs is 4. The molecule has 0 spiro atoms. The van der Waals surface area contributed by atoms with E-state index in [1.54, 1.807) is 41.2 Å². The van der Waals surface area contributed by atoms with E-state index in [0.29, 0.717) is 37.4 Å². The highest BCUT2D eigenvalue weighted by atomic mass is 32.1. The van der Waals surface area contributed by atoms with Gasteiger partial charge in [-0.1, -0.05) is 12.1 Å². The predicted molar refractivity (Wildman–Crippen MR) is 135 cm³/mol. The number of anilines is 1. The number of amides is 1. The number of ether oxygens (including phenoxy) is 1. The van der Waals surface area contributed by atoms with E-state index in [9.17, 15) is 9.59 Å². The minimum atomic E-state index is -0.0784. The molecule has 34 heavy (non-hydrogen) atoms. The predicted octanol–water partition coefficient (Wildman–Crippen LogP) is 3.76. The zero-order chi connectivity index (χ0) is 23.2. The molecule has 0 unspecified atom stereocenters. The molecular weight excluding hydrogens is 448 g/mol. The van der Waals surface area contributed by atoms with Crippen molar-refractivity contribution >= 4 is 38.8 Å². The lowest BCUT2D eigenvalue weighted by Gasteiger charge is -2.36. The Morgan fingerprint density at radius 2 is 1.82 bits per heavy atom. The second-order valence-electron chi connectivity index (χ2n) is 8.87. The van der Waals surface area contributed by atoms with Crippen molar-refractivity contribution in [2.24, 2.45) is 0 Å². The van der Waals surface area contributed by atoms with Gasteiger partial charge in [0, 0.05) is 37.3 Å². The first kappa shape index (κ1) is 21.2. The number of thiophene rings is 1. The van der Waals surface area contributed by atoms with Gasteiger partial charge in [-0.25, -0.2) is 4.98 Å². The van der Waals surface area contributed by atoms with Gasteiger partial charge in [-0.05, 0) is 55.5 Å². The molecule has 174 valence electrons. The molecule has 1 amide bonds. The molecule has 6 rings (SSSR count). The van der Waals surface area contributed by atoms with Gasteiger partial charge in [0.05, 0.1) is 23.7 Å². The second kappa shape index (κ2) is 8.43. The van der Waals surface area contributed by atoms with E-state index < -0.39 is 0 Å². The summed E-state index contributed by atoms with van der Waals surface area (Å²) in [6.07, 6.45) is 5.95. The summed E-state index contributed by atoms with van der Waals surface area (Å²) < 4.78 is 7.06. The van der Waals surface area contributed by atoms with E-state index in [2.05, 4.69) is 4.90 Å². The Hall–Kier alpha value is -3.39. The molecule has 2 aliphatic rings. The van der Waals surface area contributed by atoms with Crippen LogP contribution in [-0.4, -0.2) is 53.5 Å². The standard InChI is InChI=1S/C26H26N4O3S/c1-33-20-10-4-3-9-19(20)28-13-15-29(16-14-28)25(31)18-8-6-12-30-23(18)27-24-22(26(30)32)17-7-2-5-11-21(17)34-24/h3-4,6,8-10,12H,2,5,7,11,13-16H2,1H3. The zero-order valence-corrected chi connectivity index (χ0v) is 19.9. The molecule has 4 aromatic rings. The van der Waals surface area contributed by atoms with Gasteiger partial charge in [0.25, 0.3) is 11.5 Å². The highest BCUT2D eigenvalue weighted by Gasteiger charge is 2.27. The Morgan fingerprint density at radius 3 is 2.65 bits per heavy atom. The molecule has 1 aliphatic heterocycles. The van der Waals surface area contributed by atoms with Crippen LogP contribution < -0.4 is 15.2 Å². The SMILES string of the molecule is COc1ccccc1N1CCN(C(=O)c2cccn3c(=O)c4c5c(sc4nc23)CCCC5)CC1. The quantitative estimate of drug-likeness (QED) is 0.452. The molecule has 0 saturated carbocycles. The van der Waals surface area contributed by atoms with Gasteiger partial charge in [0.15, 0.2) is 5.65 Å². The number of carbonyl (C=O) groups is 1. The van der Waals surface area contributed by atoms with Crippen LogP contribution in [0.1, 0.15) is 33.6 Å². The lowest BCUT2D eigenvalue weighted by Crippen LogP contribution is -2.49. The lowest BCUT2D eigenvalue weighted by molar-refractivity contribution is 0.0748. The first-order valence-corrected chi connectivity index (χ1v) is 12.6. The summed E-state index contributed by atoms with van der Waals surface area (Å²) in [7, 11) is 1.68. The summed E-state index contributed by atoms with van der Waals surface area (Å²) in [5, 5.41) is 0.743. The molecule has 8 heteroatoms. The molecule has 1 aliphatic carbocycles. The number of hydrogen-bond donors (Lipinski definition) is 0. The van der Waals surface area contributed by atoms with E-state index in [1.165, 1.54) is 10.4 Å². The maximum absolute atomic E-state index is 13.6. The summed E-state index contributed by atoms with van der Waals surface area (Å²) in [6, 6.07) is 11.5. The average molecular weight is 475 g/mol. The topological polar surface area (TPSA) is 67.2 Å². The van der Waals surface area contributed by atoms with Crippen LogP contribution in [0.5, 0.6) is 5.75 Å². The number of aryl methyl sites for hydroxylation is 2. The van der Waals surface area contributed by atoms with E-state index in [1.807, 2.05) is 29.2 Å². The molecule has 0 N–H and O–H groups in total. The number of piperazine rings is 1. The van der Waals surface area contributed by atoms with Crippen molar-refractivity contribution in [2.75, 3.05) is 38.2 Å². The van der Waals surface area contributed by atoms with E-state index in [4.69, 9.17) is 9.72 Å². The number of rotatable bonds is 3. The van der Waals surface area contributed by atoms with Gasteiger partial charge < -0.3 is 14.5 Å². The maximum atomic E-state index is 13.6. The van der Waals surface area contributed by atoms with Crippen LogP contribution in [0.15, 0.2) is 47.4 Å². The second-order valence-corrected chi connectivity index (χ2v) is 9.96. The average Bonchev–Trinajstić information content (AvgIpc) is 3.27. The number of carbonyl (C=O) groups excluding carboxylic acids is 1. The van der Waals surface area contributed by atoms with Crippen molar-refractivity contribution in [1.29, 1.82) is 0 Å². The number of pyridine rings is 1. The van der Waals surface area contributed by atoms with E-state index in [-0.39, 0.29) is 11.5 Å². The summed E-state index contributed by atoms with van der Waals surface area (Å²) in [5.41, 5.74) is 3.09. The van der Waals surface area contributed by atoms with Crippen LogP contribution in [0.2, 0.25) is 0 Å². The van der Waals surface area contributed by atoms with Crippen LogP contribution in [-0.2, 0) is 12.8 Å². The summed E-state index contributed by atoms with van der Waals surface area (Å²) in [6.45, 7) is 2.62. The van der Waals surface area contributed by atoms with Crippen molar-refractivity contribution in [1.82, 2.24) is 14.3 Å². The normalized spacial score (nSPS) is 16.1. The van der Waals surface area contributed by atoms with Gasteiger partial charge in [0.2, 0.25) is 0 Å². The first-order valence-electron chi connectivity index (χ1n) is 11.8. The third-order valence-corrected chi connectivity index (χ3v) is 8.17. The van der Waals surface area contributed by atoms with E-state index in [0.717, 1.165) is 47.3 Å². The summed E-state index contributed by atoms with van der Waals surface area (Å²) in [4.78, 5) is 38.0. The van der Waals surface area contributed by atoms with Gasteiger partial charge in [-0.3, -0.25) is 14.0 Å². The smallest absolute Gasteiger partial charge is 0.266 e. The third kappa shape index (κ3) is 3.36. The highest BCUT2D eigenvalue weighted by Crippen LogP contribution is 2.34. The molecular formula is C26H26N4O3S. The fourth-order valence-electron chi connectivity index (χ4n) is 5.22. The largest absolute Gasteiger partial charge is 0.495 e. The number of para-hydroxylation sites is 2. The van der Waals surface area contributed by atoms with E-state index >= 15 is 0 Å². The third-order valence-electron chi connectivity index (χ3n) is 6.98. The number of aromatic nitrogens is 2. The van der Waals surface area contributed by atoms with Crippen LogP contribution in [0.3, 0.4) is 0 Å². The molecule has 0 bridgehead atoms. The molecule has 1 saturated heterocycles. The lowest BCUT2D eigenvalue weighted by atomic mass is 9.97. The fourth-order valence-corrected chi connectivity index (χ4v) is 6.48. The van der Waals surface area contributed by atoms with Crippen LogP contribution in [0, 0.1) is 0 Å². The van der Waals surface area contributed by atoms with Crippen molar-refractivity contribution in [3.05, 3.63) is 69.0 Å². The van der Waals surface area contributed by atoms with Gasteiger partial charge in [0.1, 0.15) is 10.6 Å². The molecule has 4 heterocycles. The van der Waals surface area contributed by atoms with Crippen LogP contribution >= 0.6 is 11.3 Å². The zero-order valence-electron chi connectivity index (χ0n) is 19.1. The molecule has 0 atom stereocenters. The van der Waals surface area contributed by atoms with Gasteiger partial charge in [-0.2, -0.15) is 0 Å². The summed E-state index contributed by atoms with van der Waals surface area (Å²) >= 11 is 1.62. The van der Waals surface area contributed by atoms with Crippen molar-refractivity contribution < 1.29 is 9.53 Å². The Balaban J connectivity index is 1.32. The minimum Gasteiger partial charge on any atom is -0.495 e. The van der Waals surface area contributed by atoms with Crippen LogP contribution in [0.25, 0.3) is 15.9 Å². The van der Waals surface area contributed by atoms with Crippen molar-refractivity contribution in [2.45, 2.75) is 25.7 Å². The number of methoxy groups -OCH3 is 1. The maximum Gasteiger partial charge on any atom is 0.266 e. The number of hydrogen-bond acceptors (Lipinski definition) is 6. The molecule has 3 aromatic heterocycles. The van der Waals surface area contributed by atoms with Gasteiger partial charge in [-0.15, -0.1) is 11.3 Å². The van der Waals surface area contributed by atoms with Crippen molar-refractivity contribution in [3.8, 4) is 5.75 Å². The molecule has 1 aromatic carbocycles. The number of benzene rings is 1. The van der Waals surface area contributed by atoms with Crippen molar-refractivity contribution in [3.63, 3.8) is 0 Å². The first-order chi connectivity index (χ1) is 16.7. The Bertz CT molecular complexity index is 1470. The fraction of sp³-hybridized carbons (Fsp3) is 0.346. The van der Waals surface area contributed by atoms with Crippen LogP contribution in [0.4, 0.5) is 5.69 Å². The molecule has 1 fully saturated rings. The summed E-state index contributed by atoms with van der Waals surface area (Å²) in [5.74, 6) is 0.757. The Labute approximate surface area is 201 Å². The monoisotopic (exact) mass is 474 g/mol. The highest BCUT2D eigenvalue weighted by molar-refractivity contribution is 7.18. The Morgan fingerprint density at radius 1 is 1.03 bits per heavy atom. The number of nitrogens with zero attached hydrogens (tertiary/aromatic N) is 4.